The molecule has 0 saturated carbocycles. The monoisotopic (exact) mass is 496 g/mol. The van der Waals surface area contributed by atoms with Gasteiger partial charge in [-0.05, 0) is 74.7 Å². The topological polar surface area (TPSA) is 82.6 Å². The molecule has 2 aromatic carbocycles. The minimum atomic E-state index is -3.68. The predicted octanol–water partition coefficient (Wildman–Crippen LogP) is 4.67. The summed E-state index contributed by atoms with van der Waals surface area (Å²) in [6, 6.07) is 14.9. The van der Waals surface area contributed by atoms with E-state index in [0.29, 0.717) is 16.6 Å². The van der Waals surface area contributed by atoms with Crippen molar-refractivity contribution in [3.05, 3.63) is 59.8 Å². The van der Waals surface area contributed by atoms with E-state index in [4.69, 9.17) is 0 Å². The number of hydrogen-bond acceptors (Lipinski definition) is 6. The average molecular weight is 497 g/mol. The molecule has 3 heterocycles. The van der Waals surface area contributed by atoms with E-state index in [1.165, 1.54) is 18.3 Å². The molecule has 34 heavy (non-hydrogen) atoms. The lowest BCUT2D eigenvalue weighted by Gasteiger charge is -2.47. The number of nitrogens with zero attached hydrogens (tertiary/aromatic N) is 3. The number of aromatic nitrogens is 1. The molecule has 9 heteroatoms. The number of benzene rings is 2. The molecule has 1 N–H and O–H groups in total. The molecule has 1 saturated heterocycles. The molecule has 2 aliphatic rings. The molecule has 1 aromatic heterocycles. The summed E-state index contributed by atoms with van der Waals surface area (Å²) in [6.45, 7) is 4.86. The zero-order valence-corrected chi connectivity index (χ0v) is 21.1. The van der Waals surface area contributed by atoms with Gasteiger partial charge in [0.15, 0.2) is 5.13 Å². The first kappa shape index (κ1) is 23.0. The van der Waals surface area contributed by atoms with Crippen LogP contribution >= 0.6 is 11.3 Å². The van der Waals surface area contributed by atoms with Crippen molar-refractivity contribution in [3.8, 4) is 10.4 Å². The van der Waals surface area contributed by atoms with Crippen molar-refractivity contribution in [3.63, 3.8) is 0 Å². The SMILES string of the molecule is CC(=O)Nc1nc(C)c(-c2ccc3c(c2)C2C(CCCN2C)CN3S(=O)(=O)c2ccccc2)s1. The van der Waals surface area contributed by atoms with Crippen molar-refractivity contribution >= 4 is 38.1 Å². The van der Waals surface area contributed by atoms with E-state index in [1.807, 2.05) is 25.1 Å². The fraction of sp³-hybridized carbons (Fsp3) is 0.360. The van der Waals surface area contributed by atoms with E-state index < -0.39 is 10.0 Å². The number of carbonyl (C=O) groups is 1. The summed E-state index contributed by atoms with van der Waals surface area (Å²) in [6.07, 6.45) is 2.05. The van der Waals surface area contributed by atoms with Crippen LogP contribution in [0.15, 0.2) is 53.4 Å². The Hall–Kier alpha value is -2.75. The lowest BCUT2D eigenvalue weighted by Crippen LogP contribution is -2.48. The van der Waals surface area contributed by atoms with E-state index in [9.17, 15) is 13.2 Å². The lowest BCUT2D eigenvalue weighted by atomic mass is 9.81. The number of anilines is 2. The van der Waals surface area contributed by atoms with Crippen LogP contribution in [0.5, 0.6) is 0 Å². The first-order valence-corrected chi connectivity index (χ1v) is 13.7. The van der Waals surface area contributed by atoms with Crippen LogP contribution in [0.2, 0.25) is 0 Å². The largest absolute Gasteiger partial charge is 0.302 e. The van der Waals surface area contributed by atoms with Gasteiger partial charge in [-0.25, -0.2) is 13.4 Å². The Morgan fingerprint density at radius 2 is 1.94 bits per heavy atom. The van der Waals surface area contributed by atoms with Gasteiger partial charge in [-0.15, -0.1) is 0 Å². The summed E-state index contributed by atoms with van der Waals surface area (Å²) in [4.78, 5) is 19.6. The number of nitrogens with one attached hydrogen (secondary N) is 1. The molecule has 1 fully saturated rings. The predicted molar refractivity (Wildman–Crippen MR) is 136 cm³/mol. The van der Waals surface area contributed by atoms with Gasteiger partial charge >= 0.3 is 0 Å². The summed E-state index contributed by atoms with van der Waals surface area (Å²) in [5, 5.41) is 3.34. The minimum Gasteiger partial charge on any atom is -0.302 e. The smallest absolute Gasteiger partial charge is 0.264 e. The minimum absolute atomic E-state index is 0.154. The van der Waals surface area contributed by atoms with Crippen molar-refractivity contribution < 1.29 is 13.2 Å². The normalized spacial score (nSPS) is 20.5. The highest BCUT2D eigenvalue weighted by molar-refractivity contribution is 7.92. The number of piperidine rings is 1. The van der Waals surface area contributed by atoms with Crippen LogP contribution in [0.25, 0.3) is 10.4 Å². The molecule has 0 bridgehead atoms. The molecule has 3 aromatic rings. The summed E-state index contributed by atoms with van der Waals surface area (Å²) in [7, 11) is -1.55. The third kappa shape index (κ3) is 4.01. The number of likely N-dealkylation sites (tertiary alicyclic amines) is 1. The van der Waals surface area contributed by atoms with Gasteiger partial charge in [0.05, 0.1) is 21.2 Å². The van der Waals surface area contributed by atoms with Crippen molar-refractivity contribution in [1.29, 1.82) is 0 Å². The maximum atomic E-state index is 13.7. The standard InChI is InChI=1S/C25H28N4O3S2/c1-16-24(33-25(26-16)27-17(2)30)18-11-12-22-21(14-18)23-19(8-7-13-28(23)3)15-29(22)34(31,32)20-9-5-4-6-10-20/h4-6,9-12,14,19,23H,7-8,13,15H2,1-3H3,(H,26,27,30). The second-order valence-electron chi connectivity index (χ2n) is 9.07. The Kier molecular flexibility index (Phi) is 5.95. The Labute approximate surface area is 204 Å². The number of thiazole rings is 1. The maximum absolute atomic E-state index is 13.7. The number of fused-ring (bicyclic) bond motifs is 3. The first-order chi connectivity index (χ1) is 16.3. The highest BCUT2D eigenvalue weighted by Gasteiger charge is 2.42. The number of sulfonamides is 1. The first-order valence-electron chi connectivity index (χ1n) is 11.4. The second kappa shape index (κ2) is 8.79. The molecule has 0 spiro atoms. The zero-order valence-electron chi connectivity index (χ0n) is 19.5. The number of amides is 1. The van der Waals surface area contributed by atoms with Gasteiger partial charge in [0.25, 0.3) is 10.0 Å². The van der Waals surface area contributed by atoms with Gasteiger partial charge in [-0.3, -0.25) is 14.0 Å². The van der Waals surface area contributed by atoms with E-state index in [0.717, 1.165) is 46.8 Å². The van der Waals surface area contributed by atoms with Crippen LogP contribution < -0.4 is 9.62 Å². The fourth-order valence-electron chi connectivity index (χ4n) is 5.23. The van der Waals surface area contributed by atoms with E-state index in [2.05, 4.69) is 28.3 Å². The molecule has 1 amide bonds. The third-order valence-electron chi connectivity index (χ3n) is 6.70. The van der Waals surface area contributed by atoms with Gasteiger partial charge in [-0.1, -0.05) is 35.6 Å². The molecule has 2 atom stereocenters. The van der Waals surface area contributed by atoms with E-state index >= 15 is 0 Å². The Morgan fingerprint density at radius 1 is 1.18 bits per heavy atom. The number of rotatable bonds is 4. The van der Waals surface area contributed by atoms with Crippen molar-refractivity contribution in [2.75, 3.05) is 29.8 Å². The average Bonchev–Trinajstić information content (AvgIpc) is 3.17. The van der Waals surface area contributed by atoms with E-state index in [-0.39, 0.29) is 17.9 Å². The Morgan fingerprint density at radius 3 is 2.68 bits per heavy atom. The summed E-state index contributed by atoms with van der Waals surface area (Å²) in [5.74, 6) is 0.0664. The van der Waals surface area contributed by atoms with Crippen LogP contribution in [-0.2, 0) is 14.8 Å². The van der Waals surface area contributed by atoms with Crippen molar-refractivity contribution in [2.45, 2.75) is 37.6 Å². The van der Waals surface area contributed by atoms with Crippen LogP contribution in [0.1, 0.15) is 37.1 Å². The molecule has 5 rings (SSSR count). The number of hydrogen-bond donors (Lipinski definition) is 1. The Balaban J connectivity index is 1.63. The van der Waals surface area contributed by atoms with Gasteiger partial charge in [-0.2, -0.15) is 0 Å². The zero-order chi connectivity index (χ0) is 24.0. The number of carbonyl (C=O) groups excluding carboxylic acids is 1. The van der Waals surface area contributed by atoms with E-state index in [1.54, 1.807) is 28.6 Å². The molecule has 7 nitrogen and oxygen atoms in total. The highest BCUT2D eigenvalue weighted by atomic mass is 32.2. The second-order valence-corrected chi connectivity index (χ2v) is 11.9. The van der Waals surface area contributed by atoms with Crippen LogP contribution in [0.4, 0.5) is 10.8 Å². The van der Waals surface area contributed by atoms with Gasteiger partial charge in [0.1, 0.15) is 0 Å². The molecule has 2 aliphatic heterocycles. The molecule has 2 unspecified atom stereocenters. The quantitative estimate of drug-likeness (QED) is 0.568. The maximum Gasteiger partial charge on any atom is 0.264 e. The summed E-state index contributed by atoms with van der Waals surface area (Å²) in [5.41, 5.74) is 3.60. The van der Waals surface area contributed by atoms with Gasteiger partial charge in [0.2, 0.25) is 5.91 Å². The molecule has 0 aliphatic carbocycles. The lowest BCUT2D eigenvalue weighted by molar-refractivity contribution is -0.114. The number of aryl methyl sites for hydroxylation is 1. The highest BCUT2D eigenvalue weighted by Crippen LogP contribution is 2.48. The van der Waals surface area contributed by atoms with Crippen molar-refractivity contribution in [1.82, 2.24) is 9.88 Å². The van der Waals surface area contributed by atoms with Gasteiger partial charge < -0.3 is 5.32 Å². The van der Waals surface area contributed by atoms with Crippen LogP contribution in [-0.4, -0.2) is 44.3 Å². The van der Waals surface area contributed by atoms with Crippen molar-refractivity contribution in [2.24, 2.45) is 5.92 Å². The van der Waals surface area contributed by atoms with Crippen LogP contribution in [0, 0.1) is 12.8 Å². The molecule has 0 radical (unpaired) electrons. The Bertz CT molecular complexity index is 1340. The molecule has 178 valence electrons. The summed E-state index contributed by atoms with van der Waals surface area (Å²) >= 11 is 1.44. The summed E-state index contributed by atoms with van der Waals surface area (Å²) < 4.78 is 29.0. The molecular formula is C25H28N4O3S2. The fourth-order valence-corrected chi connectivity index (χ4v) is 7.81. The van der Waals surface area contributed by atoms with Crippen LogP contribution in [0.3, 0.4) is 0 Å². The molecular weight excluding hydrogens is 468 g/mol. The van der Waals surface area contributed by atoms with Gasteiger partial charge in [0, 0.05) is 19.5 Å². The third-order valence-corrected chi connectivity index (χ3v) is 9.61.